The van der Waals surface area contributed by atoms with E-state index in [-0.39, 0.29) is 11.9 Å². The molecule has 0 spiro atoms. The molecule has 0 bridgehead atoms. The molecule has 1 saturated heterocycles. The van der Waals surface area contributed by atoms with Gasteiger partial charge in [-0.05, 0) is 61.6 Å². The summed E-state index contributed by atoms with van der Waals surface area (Å²) >= 11 is 0. The van der Waals surface area contributed by atoms with E-state index in [0.717, 1.165) is 22.3 Å². The molecule has 3 aromatic rings. The number of hydrogen-bond donors (Lipinski definition) is 1. The summed E-state index contributed by atoms with van der Waals surface area (Å²) in [5.41, 5.74) is 4.61. The average Bonchev–Trinajstić information content (AvgIpc) is 2.79. The predicted octanol–water partition coefficient (Wildman–Crippen LogP) is 4.55. The molecule has 1 heterocycles. The van der Waals surface area contributed by atoms with Gasteiger partial charge in [0, 0.05) is 24.7 Å². The van der Waals surface area contributed by atoms with Crippen LogP contribution in [-0.4, -0.2) is 38.4 Å². The van der Waals surface area contributed by atoms with Crippen LogP contribution in [0, 0.1) is 13.8 Å². The summed E-state index contributed by atoms with van der Waals surface area (Å²) in [7, 11) is -3.58. The molecule has 0 aromatic heterocycles. The number of carbonyl (C=O) groups excluding carboxylic acids is 1. The Kier molecular flexibility index (Phi) is 6.44. The molecule has 0 saturated carbocycles. The number of amides is 1. The van der Waals surface area contributed by atoms with E-state index in [1.165, 1.54) is 0 Å². The SMILES string of the molecule is Cc1ccc(S(=O)(=O)NC2CCN(C(=O)c3ccc(-c4ccccc4)cc3)CC2)c(C)c1. The Morgan fingerprint density at radius 1 is 0.875 bits per heavy atom. The monoisotopic (exact) mass is 448 g/mol. The average molecular weight is 449 g/mol. The van der Waals surface area contributed by atoms with E-state index in [4.69, 9.17) is 0 Å². The molecule has 0 radical (unpaired) electrons. The molecule has 5 nitrogen and oxygen atoms in total. The molecule has 166 valence electrons. The molecular formula is C26H28N2O3S. The van der Waals surface area contributed by atoms with E-state index in [9.17, 15) is 13.2 Å². The lowest BCUT2D eigenvalue weighted by Gasteiger charge is -2.32. The lowest BCUT2D eigenvalue weighted by molar-refractivity contribution is 0.0711. The maximum Gasteiger partial charge on any atom is 0.253 e. The van der Waals surface area contributed by atoms with Gasteiger partial charge in [-0.25, -0.2) is 13.1 Å². The molecule has 1 N–H and O–H groups in total. The van der Waals surface area contributed by atoms with E-state index in [1.807, 2.05) is 80.6 Å². The summed E-state index contributed by atoms with van der Waals surface area (Å²) in [6, 6.07) is 22.9. The molecule has 1 fully saturated rings. The molecule has 6 heteroatoms. The molecule has 1 aliphatic heterocycles. The first kappa shape index (κ1) is 22.2. The Labute approximate surface area is 190 Å². The zero-order valence-corrected chi connectivity index (χ0v) is 19.2. The normalized spacial score (nSPS) is 15.0. The van der Waals surface area contributed by atoms with Crippen molar-refractivity contribution in [3.05, 3.63) is 89.5 Å². The van der Waals surface area contributed by atoms with Crippen LogP contribution >= 0.6 is 0 Å². The van der Waals surface area contributed by atoms with Gasteiger partial charge in [0.25, 0.3) is 5.91 Å². The Morgan fingerprint density at radius 3 is 2.12 bits per heavy atom. The number of nitrogens with zero attached hydrogens (tertiary/aromatic N) is 1. The van der Waals surface area contributed by atoms with Crippen LogP contribution < -0.4 is 4.72 Å². The summed E-state index contributed by atoms with van der Waals surface area (Å²) < 4.78 is 28.5. The Morgan fingerprint density at radius 2 is 1.50 bits per heavy atom. The van der Waals surface area contributed by atoms with Gasteiger partial charge in [-0.15, -0.1) is 0 Å². The summed E-state index contributed by atoms with van der Waals surface area (Å²) in [6.07, 6.45) is 1.19. The van der Waals surface area contributed by atoms with Gasteiger partial charge in [0.1, 0.15) is 0 Å². The fourth-order valence-corrected chi connectivity index (χ4v) is 5.73. The summed E-state index contributed by atoms with van der Waals surface area (Å²) in [4.78, 5) is 15.0. The minimum atomic E-state index is -3.58. The highest BCUT2D eigenvalue weighted by Crippen LogP contribution is 2.22. The zero-order chi connectivity index (χ0) is 22.7. The number of benzene rings is 3. The van der Waals surface area contributed by atoms with Crippen LogP contribution in [0.5, 0.6) is 0 Å². The van der Waals surface area contributed by atoms with Crippen LogP contribution in [0.15, 0.2) is 77.7 Å². The lowest BCUT2D eigenvalue weighted by Crippen LogP contribution is -2.46. The molecular weight excluding hydrogens is 420 g/mol. The highest BCUT2D eigenvalue weighted by Gasteiger charge is 2.27. The van der Waals surface area contributed by atoms with E-state index in [1.54, 1.807) is 11.0 Å². The molecule has 0 aliphatic carbocycles. The molecule has 4 rings (SSSR count). The minimum Gasteiger partial charge on any atom is -0.339 e. The van der Waals surface area contributed by atoms with Crippen molar-refractivity contribution in [2.75, 3.05) is 13.1 Å². The van der Waals surface area contributed by atoms with Crippen LogP contribution in [0.1, 0.15) is 34.3 Å². The van der Waals surface area contributed by atoms with Gasteiger partial charge in [0.15, 0.2) is 0 Å². The first-order valence-corrected chi connectivity index (χ1v) is 12.4. The third-order valence-corrected chi connectivity index (χ3v) is 7.64. The van der Waals surface area contributed by atoms with Crippen LogP contribution in [0.25, 0.3) is 11.1 Å². The smallest absolute Gasteiger partial charge is 0.253 e. The number of carbonyl (C=O) groups is 1. The molecule has 0 unspecified atom stereocenters. The highest BCUT2D eigenvalue weighted by atomic mass is 32.2. The van der Waals surface area contributed by atoms with E-state index in [0.29, 0.717) is 36.4 Å². The number of likely N-dealkylation sites (tertiary alicyclic amines) is 1. The second-order valence-electron chi connectivity index (χ2n) is 8.40. The fourth-order valence-electron chi connectivity index (χ4n) is 4.20. The summed E-state index contributed by atoms with van der Waals surface area (Å²) in [6.45, 7) is 4.81. The number of aryl methyl sites for hydroxylation is 2. The van der Waals surface area contributed by atoms with Gasteiger partial charge >= 0.3 is 0 Å². The minimum absolute atomic E-state index is 0.0136. The second kappa shape index (κ2) is 9.27. The Hall–Kier alpha value is -2.96. The lowest BCUT2D eigenvalue weighted by atomic mass is 10.0. The largest absolute Gasteiger partial charge is 0.339 e. The van der Waals surface area contributed by atoms with Crippen molar-refractivity contribution in [2.45, 2.75) is 37.6 Å². The number of rotatable bonds is 5. The van der Waals surface area contributed by atoms with Crippen molar-refractivity contribution in [1.29, 1.82) is 0 Å². The fraction of sp³-hybridized carbons (Fsp3) is 0.269. The van der Waals surface area contributed by atoms with Crippen molar-refractivity contribution in [2.24, 2.45) is 0 Å². The summed E-state index contributed by atoms with van der Waals surface area (Å²) in [5, 5.41) is 0. The van der Waals surface area contributed by atoms with Crippen molar-refractivity contribution >= 4 is 15.9 Å². The number of piperidine rings is 1. The van der Waals surface area contributed by atoms with E-state index in [2.05, 4.69) is 4.72 Å². The third kappa shape index (κ3) is 4.92. The van der Waals surface area contributed by atoms with Crippen molar-refractivity contribution in [3.63, 3.8) is 0 Å². The maximum atomic E-state index is 12.9. The van der Waals surface area contributed by atoms with Crippen molar-refractivity contribution < 1.29 is 13.2 Å². The second-order valence-corrected chi connectivity index (χ2v) is 10.1. The van der Waals surface area contributed by atoms with Gasteiger partial charge in [-0.2, -0.15) is 0 Å². The standard InChI is InChI=1S/C26H28N2O3S/c1-19-8-13-25(20(2)18-19)32(30,31)27-24-14-16-28(17-15-24)26(29)23-11-9-22(10-12-23)21-6-4-3-5-7-21/h3-13,18,24,27H,14-17H2,1-2H3. The number of hydrogen-bond acceptors (Lipinski definition) is 3. The number of nitrogens with one attached hydrogen (secondary N) is 1. The van der Waals surface area contributed by atoms with Gasteiger partial charge < -0.3 is 4.90 Å². The molecule has 3 aromatic carbocycles. The number of sulfonamides is 1. The molecule has 32 heavy (non-hydrogen) atoms. The van der Waals surface area contributed by atoms with Gasteiger partial charge in [0.2, 0.25) is 10.0 Å². The van der Waals surface area contributed by atoms with Crippen molar-refractivity contribution in [1.82, 2.24) is 9.62 Å². The molecule has 1 amide bonds. The molecule has 1 aliphatic rings. The predicted molar refractivity (Wildman–Crippen MR) is 127 cm³/mol. The van der Waals surface area contributed by atoms with Crippen LogP contribution in [0.3, 0.4) is 0 Å². The van der Waals surface area contributed by atoms with Gasteiger partial charge in [0.05, 0.1) is 4.90 Å². The van der Waals surface area contributed by atoms with E-state index < -0.39 is 10.0 Å². The van der Waals surface area contributed by atoms with Gasteiger partial charge in [-0.3, -0.25) is 4.79 Å². The first-order valence-electron chi connectivity index (χ1n) is 10.9. The van der Waals surface area contributed by atoms with E-state index >= 15 is 0 Å². The maximum absolute atomic E-state index is 12.9. The highest BCUT2D eigenvalue weighted by molar-refractivity contribution is 7.89. The van der Waals surface area contributed by atoms with Crippen LogP contribution in [0.4, 0.5) is 0 Å². The first-order chi connectivity index (χ1) is 15.3. The van der Waals surface area contributed by atoms with Crippen molar-refractivity contribution in [3.8, 4) is 11.1 Å². The molecule has 0 atom stereocenters. The summed E-state index contributed by atoms with van der Waals surface area (Å²) in [5.74, 6) is -0.0136. The van der Waals surface area contributed by atoms with Gasteiger partial charge in [-0.1, -0.05) is 60.2 Å². The topological polar surface area (TPSA) is 66.5 Å². The van der Waals surface area contributed by atoms with Crippen LogP contribution in [0.2, 0.25) is 0 Å². The Bertz CT molecular complexity index is 1200. The third-order valence-electron chi connectivity index (χ3n) is 5.96. The zero-order valence-electron chi connectivity index (χ0n) is 18.4. The quantitative estimate of drug-likeness (QED) is 0.623. The van der Waals surface area contributed by atoms with Crippen LogP contribution in [-0.2, 0) is 10.0 Å². The Balaban J connectivity index is 1.36.